The molecular weight excluding hydrogens is 324 g/mol. The summed E-state index contributed by atoms with van der Waals surface area (Å²) in [5.74, 6) is 0.0918. The van der Waals surface area contributed by atoms with Crippen LogP contribution in [0.4, 0.5) is 0 Å². The second-order valence-corrected chi connectivity index (χ2v) is 7.42. The molecule has 4 heterocycles. The molecule has 1 atom stereocenters. The SMILES string of the molecule is O=C1c2cccc3c(Cl)ccc(c23)C(=O)N1[C@H]1CN2CCC1CC2. The highest BCUT2D eigenvalue weighted by Gasteiger charge is 2.44. The number of carbonyl (C=O) groups is 2. The van der Waals surface area contributed by atoms with Gasteiger partial charge >= 0.3 is 0 Å². The van der Waals surface area contributed by atoms with Gasteiger partial charge in [-0.05, 0) is 50.0 Å². The number of hydrogen-bond donors (Lipinski definition) is 0. The van der Waals surface area contributed by atoms with Crippen LogP contribution in [-0.4, -0.2) is 47.3 Å². The Morgan fingerprint density at radius 2 is 1.67 bits per heavy atom. The van der Waals surface area contributed by atoms with Gasteiger partial charge in [0, 0.05) is 33.5 Å². The highest BCUT2D eigenvalue weighted by molar-refractivity contribution is 6.38. The third-order valence-corrected chi connectivity index (χ3v) is 6.17. The van der Waals surface area contributed by atoms with Crippen molar-refractivity contribution in [2.24, 2.45) is 5.92 Å². The summed E-state index contributed by atoms with van der Waals surface area (Å²) in [6.07, 6.45) is 2.14. The molecule has 0 unspecified atom stereocenters. The Morgan fingerprint density at radius 1 is 0.958 bits per heavy atom. The Morgan fingerprint density at radius 3 is 2.33 bits per heavy atom. The molecular formula is C19H17ClN2O2. The molecule has 0 N–H and O–H groups in total. The zero-order chi connectivity index (χ0) is 16.4. The van der Waals surface area contributed by atoms with Crippen LogP contribution in [0.15, 0.2) is 30.3 Å². The molecule has 3 fully saturated rings. The molecule has 3 saturated heterocycles. The maximum atomic E-state index is 13.1. The van der Waals surface area contributed by atoms with Crippen LogP contribution < -0.4 is 0 Å². The van der Waals surface area contributed by atoms with E-state index in [1.54, 1.807) is 12.1 Å². The third-order valence-electron chi connectivity index (χ3n) is 5.84. The van der Waals surface area contributed by atoms with Crippen molar-refractivity contribution in [2.45, 2.75) is 18.9 Å². The lowest BCUT2D eigenvalue weighted by Gasteiger charge is -2.49. The topological polar surface area (TPSA) is 40.6 Å². The minimum absolute atomic E-state index is 0.00779. The molecule has 4 aliphatic heterocycles. The van der Waals surface area contributed by atoms with E-state index in [-0.39, 0.29) is 17.9 Å². The normalized spacial score (nSPS) is 28.7. The molecule has 2 amide bonds. The molecule has 0 spiro atoms. The number of hydrogen-bond acceptors (Lipinski definition) is 3. The number of carbonyl (C=O) groups excluding carboxylic acids is 2. The van der Waals surface area contributed by atoms with Crippen LogP contribution in [0.1, 0.15) is 33.6 Å². The number of rotatable bonds is 1. The van der Waals surface area contributed by atoms with E-state index in [1.165, 1.54) is 4.90 Å². The van der Waals surface area contributed by atoms with Crippen LogP contribution in [0.5, 0.6) is 0 Å². The first-order chi connectivity index (χ1) is 11.6. The van der Waals surface area contributed by atoms with E-state index in [4.69, 9.17) is 11.6 Å². The second-order valence-electron chi connectivity index (χ2n) is 7.01. The molecule has 0 aromatic heterocycles. The Hall–Kier alpha value is -1.91. The van der Waals surface area contributed by atoms with Gasteiger partial charge in [0.15, 0.2) is 0 Å². The molecule has 5 heteroatoms. The van der Waals surface area contributed by atoms with E-state index < -0.39 is 0 Å². The molecule has 24 heavy (non-hydrogen) atoms. The number of halogens is 1. The van der Waals surface area contributed by atoms with Crippen molar-refractivity contribution in [1.29, 1.82) is 0 Å². The van der Waals surface area contributed by atoms with Crippen molar-refractivity contribution in [3.05, 3.63) is 46.5 Å². The Kier molecular flexibility index (Phi) is 3.03. The van der Waals surface area contributed by atoms with Crippen molar-refractivity contribution in [3.63, 3.8) is 0 Å². The average Bonchev–Trinajstić information content (AvgIpc) is 2.62. The van der Waals surface area contributed by atoms with Crippen LogP contribution in [0.25, 0.3) is 10.8 Å². The monoisotopic (exact) mass is 340 g/mol. The second kappa shape index (κ2) is 5.04. The van der Waals surface area contributed by atoms with E-state index in [2.05, 4.69) is 4.90 Å². The predicted octanol–water partition coefficient (Wildman–Crippen LogP) is 3.18. The highest BCUT2D eigenvalue weighted by Crippen LogP contribution is 2.38. The predicted molar refractivity (Wildman–Crippen MR) is 92.4 cm³/mol. The summed E-state index contributed by atoms with van der Waals surface area (Å²) in [5, 5.41) is 2.06. The first-order valence-corrected chi connectivity index (χ1v) is 8.84. The average molecular weight is 341 g/mol. The number of nitrogens with zero attached hydrogens (tertiary/aromatic N) is 2. The fraction of sp³-hybridized carbons (Fsp3) is 0.368. The van der Waals surface area contributed by atoms with Crippen LogP contribution in [-0.2, 0) is 0 Å². The van der Waals surface area contributed by atoms with Crippen molar-refractivity contribution < 1.29 is 9.59 Å². The number of imide groups is 1. The molecule has 4 aliphatic rings. The number of fused-ring (bicyclic) bond motifs is 3. The van der Waals surface area contributed by atoms with Gasteiger partial charge < -0.3 is 4.90 Å². The largest absolute Gasteiger partial charge is 0.301 e. The molecule has 6 rings (SSSR count). The summed E-state index contributed by atoms with van der Waals surface area (Å²) in [7, 11) is 0. The van der Waals surface area contributed by atoms with Gasteiger partial charge in [-0.3, -0.25) is 14.5 Å². The molecule has 0 saturated carbocycles. The molecule has 2 aromatic rings. The Balaban J connectivity index is 1.67. The molecule has 2 aromatic carbocycles. The summed E-state index contributed by atoms with van der Waals surface area (Å²) in [4.78, 5) is 30.2. The summed E-state index contributed by atoms with van der Waals surface area (Å²) in [6.45, 7) is 2.97. The van der Waals surface area contributed by atoms with Gasteiger partial charge in [0.05, 0.1) is 6.04 Å². The quantitative estimate of drug-likeness (QED) is 0.749. The lowest BCUT2D eigenvalue weighted by Crippen LogP contribution is -2.60. The highest BCUT2D eigenvalue weighted by atomic mass is 35.5. The minimum Gasteiger partial charge on any atom is -0.301 e. The maximum absolute atomic E-state index is 13.1. The number of piperidine rings is 3. The summed E-state index contributed by atoms with van der Waals surface area (Å²) >= 11 is 6.27. The van der Waals surface area contributed by atoms with E-state index in [0.717, 1.165) is 37.9 Å². The van der Waals surface area contributed by atoms with E-state index in [9.17, 15) is 9.59 Å². The lowest BCUT2D eigenvalue weighted by atomic mass is 9.81. The van der Waals surface area contributed by atoms with Crippen molar-refractivity contribution in [2.75, 3.05) is 19.6 Å². The van der Waals surface area contributed by atoms with E-state index in [0.29, 0.717) is 27.5 Å². The molecule has 0 aliphatic carbocycles. The van der Waals surface area contributed by atoms with Crippen LogP contribution in [0.2, 0.25) is 5.02 Å². The van der Waals surface area contributed by atoms with Crippen LogP contribution >= 0.6 is 11.6 Å². The molecule has 2 bridgehead atoms. The van der Waals surface area contributed by atoms with Gasteiger partial charge in [-0.1, -0.05) is 23.7 Å². The summed E-state index contributed by atoms with van der Waals surface area (Å²) < 4.78 is 0. The summed E-state index contributed by atoms with van der Waals surface area (Å²) in [5.41, 5.74) is 1.20. The van der Waals surface area contributed by atoms with E-state index in [1.807, 2.05) is 18.2 Å². The van der Waals surface area contributed by atoms with Gasteiger partial charge in [-0.15, -0.1) is 0 Å². The van der Waals surface area contributed by atoms with Gasteiger partial charge in [-0.25, -0.2) is 0 Å². The number of benzene rings is 2. The van der Waals surface area contributed by atoms with Crippen molar-refractivity contribution in [3.8, 4) is 0 Å². The van der Waals surface area contributed by atoms with Crippen LogP contribution in [0.3, 0.4) is 0 Å². The maximum Gasteiger partial charge on any atom is 0.261 e. The van der Waals surface area contributed by atoms with Gasteiger partial charge in [0.25, 0.3) is 11.8 Å². The van der Waals surface area contributed by atoms with Crippen LogP contribution in [0, 0.1) is 5.92 Å². The van der Waals surface area contributed by atoms with Gasteiger partial charge in [0.2, 0.25) is 0 Å². The molecule has 4 nitrogen and oxygen atoms in total. The third kappa shape index (κ3) is 1.84. The van der Waals surface area contributed by atoms with Crippen molar-refractivity contribution in [1.82, 2.24) is 9.80 Å². The smallest absolute Gasteiger partial charge is 0.261 e. The molecule has 0 radical (unpaired) electrons. The Bertz CT molecular complexity index is 864. The van der Waals surface area contributed by atoms with E-state index >= 15 is 0 Å². The minimum atomic E-state index is -0.167. The van der Waals surface area contributed by atoms with Crippen molar-refractivity contribution >= 4 is 34.2 Å². The van der Waals surface area contributed by atoms with Gasteiger partial charge in [0.1, 0.15) is 0 Å². The lowest BCUT2D eigenvalue weighted by molar-refractivity contribution is 0.00882. The standard InChI is InChI=1S/C19H17ClN2O2/c20-15-5-4-14-17-12(15)2-1-3-13(17)18(23)22(19(14)24)16-10-21-8-6-11(16)7-9-21/h1-5,11,16H,6-10H2/t16-/m0/s1. The molecule has 122 valence electrons. The zero-order valence-electron chi connectivity index (χ0n) is 13.2. The summed E-state index contributed by atoms with van der Waals surface area (Å²) in [6, 6.07) is 9.03. The fourth-order valence-corrected chi connectivity index (χ4v) is 4.83. The first-order valence-electron chi connectivity index (χ1n) is 8.46. The van der Waals surface area contributed by atoms with Gasteiger partial charge in [-0.2, -0.15) is 0 Å². The Labute approximate surface area is 145 Å². The first kappa shape index (κ1) is 14.4. The zero-order valence-corrected chi connectivity index (χ0v) is 13.9. The fourth-order valence-electron chi connectivity index (χ4n) is 4.61. The number of amides is 2.